The van der Waals surface area contributed by atoms with Crippen LogP contribution in [0.4, 0.5) is 0 Å². The fourth-order valence-electron chi connectivity index (χ4n) is 0.984. The molecule has 5 heteroatoms. The first-order chi connectivity index (χ1) is 7.15. The highest BCUT2D eigenvalue weighted by molar-refractivity contribution is 5.62. The largest absolute Gasteiger partial charge is 0.481 e. The quantitative estimate of drug-likeness (QED) is 0.386. The van der Waals surface area contributed by atoms with Crippen LogP contribution in [0.1, 0.15) is 52.4 Å². The van der Waals surface area contributed by atoms with E-state index in [0.29, 0.717) is 6.61 Å². The van der Waals surface area contributed by atoms with Crippen molar-refractivity contribution in [3.8, 4) is 0 Å². The molecule has 0 aliphatic carbocycles. The average Bonchev–Trinajstić information content (AvgIpc) is 2.16. The molecule has 0 aromatic heterocycles. The minimum Gasteiger partial charge on any atom is -0.481 e. The van der Waals surface area contributed by atoms with Crippen molar-refractivity contribution in [1.82, 2.24) is 0 Å². The second-order valence-electron chi connectivity index (χ2n) is 3.19. The van der Waals surface area contributed by atoms with E-state index in [1.54, 1.807) is 0 Å². The molecule has 1 N–H and O–H groups in total. The standard InChI is InChI=1S/C8H17NO2.C2H4O2/c1-2-3-4-5-6-7-8-11-9-10;1-2(3)4/h2-8H2,1H3;1H3,(H,3,4). The summed E-state index contributed by atoms with van der Waals surface area (Å²) in [5.41, 5.74) is 0. The fourth-order valence-corrected chi connectivity index (χ4v) is 0.984. The van der Waals surface area contributed by atoms with Gasteiger partial charge in [0.1, 0.15) is 6.61 Å². The normalized spacial score (nSPS) is 8.67. The summed E-state index contributed by atoms with van der Waals surface area (Å²) >= 11 is 0. The number of aliphatic carboxylic acids is 1. The molecule has 0 bridgehead atoms. The maximum Gasteiger partial charge on any atom is 0.300 e. The van der Waals surface area contributed by atoms with Gasteiger partial charge in [0.05, 0.1) is 0 Å². The SMILES string of the molecule is CC(=O)O.CCCCCCCCON=O. The van der Waals surface area contributed by atoms with E-state index >= 15 is 0 Å². The van der Waals surface area contributed by atoms with Crippen LogP contribution in [0.3, 0.4) is 0 Å². The Kier molecular flexibility index (Phi) is 16.7. The first kappa shape index (κ1) is 16.3. The molecule has 0 atom stereocenters. The fraction of sp³-hybridized carbons (Fsp3) is 0.900. The molecule has 0 spiro atoms. The number of unbranched alkanes of at least 4 members (excludes halogenated alkanes) is 5. The molecule has 90 valence electrons. The minimum atomic E-state index is -0.833. The van der Waals surface area contributed by atoms with Gasteiger partial charge in [-0.15, -0.1) is 4.91 Å². The van der Waals surface area contributed by atoms with Crippen molar-refractivity contribution in [3.05, 3.63) is 4.91 Å². The van der Waals surface area contributed by atoms with Gasteiger partial charge < -0.3 is 9.94 Å². The molecule has 0 unspecified atom stereocenters. The second kappa shape index (κ2) is 15.3. The molecule has 0 aliphatic rings. The third-order valence-electron chi connectivity index (χ3n) is 1.64. The van der Waals surface area contributed by atoms with E-state index in [1.807, 2.05) is 0 Å². The van der Waals surface area contributed by atoms with Crippen molar-refractivity contribution in [2.75, 3.05) is 6.61 Å². The van der Waals surface area contributed by atoms with Crippen molar-refractivity contribution in [3.63, 3.8) is 0 Å². The van der Waals surface area contributed by atoms with Crippen molar-refractivity contribution in [2.45, 2.75) is 52.4 Å². The first-order valence-corrected chi connectivity index (χ1v) is 5.29. The summed E-state index contributed by atoms with van der Waals surface area (Å²) in [6.45, 7) is 3.76. The molecular formula is C10H21NO4. The summed E-state index contributed by atoms with van der Waals surface area (Å²) < 4.78 is 0. The van der Waals surface area contributed by atoms with Gasteiger partial charge in [-0.3, -0.25) is 4.79 Å². The Bertz CT molecular complexity index is 146. The maximum absolute atomic E-state index is 9.47. The molecule has 0 heterocycles. The van der Waals surface area contributed by atoms with E-state index in [1.165, 1.54) is 25.7 Å². The Morgan fingerprint density at radius 2 is 1.67 bits per heavy atom. The average molecular weight is 219 g/mol. The smallest absolute Gasteiger partial charge is 0.300 e. The van der Waals surface area contributed by atoms with Gasteiger partial charge in [0.25, 0.3) is 5.97 Å². The van der Waals surface area contributed by atoms with Gasteiger partial charge >= 0.3 is 0 Å². The molecule has 0 fully saturated rings. The molecule has 0 aromatic rings. The predicted octanol–water partition coefficient (Wildman–Crippen LogP) is 3.14. The van der Waals surface area contributed by atoms with Crippen LogP contribution < -0.4 is 0 Å². The molecule has 0 amide bonds. The van der Waals surface area contributed by atoms with Crippen molar-refractivity contribution in [2.24, 2.45) is 5.34 Å². The van der Waals surface area contributed by atoms with Gasteiger partial charge in [0, 0.05) is 6.92 Å². The highest BCUT2D eigenvalue weighted by Gasteiger charge is 1.89. The molecule has 0 aromatic carbocycles. The summed E-state index contributed by atoms with van der Waals surface area (Å²) in [4.78, 5) is 22.8. The lowest BCUT2D eigenvalue weighted by Gasteiger charge is -1.97. The predicted molar refractivity (Wildman–Crippen MR) is 58.4 cm³/mol. The molecule has 15 heavy (non-hydrogen) atoms. The second-order valence-corrected chi connectivity index (χ2v) is 3.19. The number of nitrogens with zero attached hydrogens (tertiary/aromatic N) is 1. The van der Waals surface area contributed by atoms with Crippen molar-refractivity contribution in [1.29, 1.82) is 0 Å². The Labute approximate surface area is 90.7 Å². The van der Waals surface area contributed by atoms with Gasteiger partial charge in [-0.2, -0.15) is 0 Å². The molecule has 0 saturated heterocycles. The molecular weight excluding hydrogens is 198 g/mol. The number of carboxylic acids is 1. The Balaban J connectivity index is 0. The van der Waals surface area contributed by atoms with Gasteiger partial charge in [-0.05, 0) is 12.8 Å². The summed E-state index contributed by atoms with van der Waals surface area (Å²) in [7, 11) is 0. The monoisotopic (exact) mass is 219 g/mol. The Hall–Kier alpha value is -1.13. The number of hydrogen-bond donors (Lipinski definition) is 1. The van der Waals surface area contributed by atoms with Crippen LogP contribution in [0.5, 0.6) is 0 Å². The van der Waals surface area contributed by atoms with Crippen LogP contribution in [0.15, 0.2) is 5.34 Å². The summed E-state index contributed by atoms with van der Waals surface area (Å²) in [5, 5.41) is 9.74. The Morgan fingerprint density at radius 1 is 1.20 bits per heavy atom. The lowest BCUT2D eigenvalue weighted by Crippen LogP contribution is -1.86. The lowest BCUT2D eigenvalue weighted by atomic mass is 10.1. The van der Waals surface area contributed by atoms with Gasteiger partial charge in [-0.1, -0.05) is 32.6 Å². The summed E-state index contributed by atoms with van der Waals surface area (Å²) in [6, 6.07) is 0. The topological polar surface area (TPSA) is 76.0 Å². The summed E-state index contributed by atoms with van der Waals surface area (Å²) in [5.74, 6) is -0.833. The van der Waals surface area contributed by atoms with Gasteiger partial charge in [0.15, 0.2) is 5.34 Å². The highest BCUT2D eigenvalue weighted by atomic mass is 16.7. The van der Waals surface area contributed by atoms with Crippen LogP contribution >= 0.6 is 0 Å². The van der Waals surface area contributed by atoms with Crippen LogP contribution in [0, 0.1) is 4.91 Å². The molecule has 0 radical (unpaired) electrons. The zero-order chi connectivity index (χ0) is 11.9. The van der Waals surface area contributed by atoms with Crippen LogP contribution in [0.2, 0.25) is 0 Å². The van der Waals surface area contributed by atoms with E-state index in [0.717, 1.165) is 19.8 Å². The van der Waals surface area contributed by atoms with E-state index in [4.69, 9.17) is 9.90 Å². The van der Waals surface area contributed by atoms with Gasteiger partial charge in [0.2, 0.25) is 0 Å². The van der Waals surface area contributed by atoms with E-state index in [9.17, 15) is 4.91 Å². The number of hydrogen-bond acceptors (Lipinski definition) is 4. The Morgan fingerprint density at radius 3 is 2.13 bits per heavy atom. The zero-order valence-corrected chi connectivity index (χ0v) is 9.57. The third-order valence-corrected chi connectivity index (χ3v) is 1.64. The number of rotatable bonds is 8. The maximum atomic E-state index is 9.47. The molecule has 0 saturated carbocycles. The minimum absolute atomic E-state index is 0.482. The van der Waals surface area contributed by atoms with E-state index < -0.39 is 5.97 Å². The third kappa shape index (κ3) is 32.2. The molecule has 0 rings (SSSR count). The first-order valence-electron chi connectivity index (χ1n) is 5.29. The van der Waals surface area contributed by atoms with Crippen molar-refractivity contribution >= 4 is 5.97 Å². The van der Waals surface area contributed by atoms with E-state index in [2.05, 4.69) is 17.1 Å². The van der Waals surface area contributed by atoms with E-state index in [-0.39, 0.29) is 0 Å². The van der Waals surface area contributed by atoms with Crippen molar-refractivity contribution < 1.29 is 14.7 Å². The number of carbonyl (C=O) groups is 1. The number of carboxylic acid groups (broad SMARTS) is 1. The van der Waals surface area contributed by atoms with Gasteiger partial charge in [-0.25, -0.2) is 0 Å². The zero-order valence-electron chi connectivity index (χ0n) is 9.57. The van der Waals surface area contributed by atoms with Crippen LogP contribution in [0.25, 0.3) is 0 Å². The molecule has 5 nitrogen and oxygen atoms in total. The summed E-state index contributed by atoms with van der Waals surface area (Å²) in [6.07, 6.45) is 7.23. The molecule has 0 aliphatic heterocycles. The van der Waals surface area contributed by atoms with Crippen LogP contribution in [-0.4, -0.2) is 17.7 Å². The lowest BCUT2D eigenvalue weighted by molar-refractivity contribution is -0.134. The highest BCUT2D eigenvalue weighted by Crippen LogP contribution is 2.04. The van der Waals surface area contributed by atoms with Crippen LogP contribution in [-0.2, 0) is 9.63 Å².